The van der Waals surface area contributed by atoms with E-state index in [1.54, 1.807) is 12.1 Å². The van der Waals surface area contributed by atoms with Crippen LogP contribution in [0.3, 0.4) is 0 Å². The van der Waals surface area contributed by atoms with Gasteiger partial charge in [-0.1, -0.05) is 32.0 Å². The topological polar surface area (TPSA) is 54.7 Å². The number of phenols is 1. The maximum atomic E-state index is 10.1. The first kappa shape index (κ1) is 22.4. The van der Waals surface area contributed by atoms with Crippen molar-refractivity contribution >= 4 is 27.7 Å². The molecule has 0 amide bonds. The quantitative estimate of drug-likeness (QED) is 0.350. The van der Waals surface area contributed by atoms with E-state index in [2.05, 4.69) is 24.9 Å². The van der Waals surface area contributed by atoms with Crippen molar-refractivity contribution in [3.8, 4) is 17.4 Å². The van der Waals surface area contributed by atoms with Gasteiger partial charge in [0, 0.05) is 48.6 Å². The van der Waals surface area contributed by atoms with E-state index < -0.39 is 0 Å². The van der Waals surface area contributed by atoms with Crippen LogP contribution in [0.4, 0.5) is 0 Å². The number of phenolic OH excluding ortho intramolecular Hbond substituents is 1. The minimum atomic E-state index is 0. The molecule has 1 aliphatic carbocycles. The van der Waals surface area contributed by atoms with Gasteiger partial charge in [0.2, 0.25) is 5.88 Å². The van der Waals surface area contributed by atoms with Crippen LogP contribution >= 0.6 is 11.8 Å². The molecule has 164 valence electrons. The van der Waals surface area contributed by atoms with Crippen molar-refractivity contribution in [3.05, 3.63) is 60.2 Å². The molecule has 1 N–H and O–H groups in total. The Kier molecular flexibility index (Phi) is 6.46. The molecule has 31 heavy (non-hydrogen) atoms. The fourth-order valence-electron chi connectivity index (χ4n) is 4.23. The maximum absolute atomic E-state index is 10.1. The van der Waals surface area contributed by atoms with Crippen molar-refractivity contribution in [3.63, 3.8) is 0 Å². The summed E-state index contributed by atoms with van der Waals surface area (Å²) in [5.74, 6) is 1.19. The van der Waals surface area contributed by atoms with E-state index in [-0.39, 0.29) is 26.8 Å². The summed E-state index contributed by atoms with van der Waals surface area (Å²) in [6.45, 7) is 4.75. The summed E-state index contributed by atoms with van der Waals surface area (Å²) >= 11 is 1.90. The third-order valence-corrected chi connectivity index (χ3v) is 7.49. The largest absolute Gasteiger partial charge is 0.506 e. The number of aromatic hydroxyl groups is 1. The summed E-state index contributed by atoms with van der Waals surface area (Å²) in [5, 5.41) is 12.6. The van der Waals surface area contributed by atoms with Gasteiger partial charge in [-0.25, -0.2) is 4.98 Å². The molecule has 2 atom stereocenters. The Morgan fingerprint density at radius 2 is 1.87 bits per heavy atom. The molecular weight excluding hydrogens is 587 g/mol. The molecule has 0 saturated heterocycles. The Hall–Kier alpha value is -1.84. The Morgan fingerprint density at radius 3 is 2.74 bits per heavy atom. The van der Waals surface area contributed by atoms with Crippen LogP contribution in [-0.2, 0) is 21.1 Å². The second-order valence-electron chi connectivity index (χ2n) is 8.93. The van der Waals surface area contributed by atoms with Gasteiger partial charge in [0.05, 0.1) is 6.04 Å². The van der Waals surface area contributed by atoms with Crippen molar-refractivity contribution in [1.82, 2.24) is 4.98 Å². The number of pyridine rings is 1. The first-order valence-electron chi connectivity index (χ1n) is 10.5. The fraction of sp³-hybridized carbons (Fsp3) is 0.360. The van der Waals surface area contributed by atoms with Gasteiger partial charge in [0.25, 0.3) is 0 Å². The zero-order valence-electron chi connectivity index (χ0n) is 17.6. The average molecular weight is 613 g/mol. The summed E-state index contributed by atoms with van der Waals surface area (Å²) in [7, 11) is 0. The Balaban J connectivity index is 0.00000231. The van der Waals surface area contributed by atoms with Crippen molar-refractivity contribution < 1.29 is 30.9 Å². The number of rotatable bonds is 3. The van der Waals surface area contributed by atoms with Crippen molar-refractivity contribution in [1.29, 1.82) is 0 Å². The molecule has 6 heteroatoms. The molecule has 0 radical (unpaired) electrons. The SMILES string of the molecule is CC1(C)CC[C@@H]2N=C(c3[c-]c(Oc4ccc5cccc(O)c5n4)ccc3)S[C@@H]2CC1.[Pt]. The Labute approximate surface area is 201 Å². The predicted molar refractivity (Wildman–Crippen MR) is 123 cm³/mol. The van der Waals surface area contributed by atoms with Crippen LogP contribution in [0.25, 0.3) is 10.9 Å². The summed E-state index contributed by atoms with van der Waals surface area (Å²) in [6.07, 6.45) is 4.88. The number of nitrogens with zero attached hydrogens (tertiary/aromatic N) is 2. The van der Waals surface area contributed by atoms with Gasteiger partial charge < -0.3 is 14.8 Å². The number of hydrogen-bond donors (Lipinski definition) is 1. The van der Waals surface area contributed by atoms with Crippen LogP contribution < -0.4 is 4.74 Å². The second kappa shape index (κ2) is 8.96. The molecule has 1 fully saturated rings. The van der Waals surface area contributed by atoms with Gasteiger partial charge >= 0.3 is 0 Å². The molecule has 0 bridgehead atoms. The van der Waals surface area contributed by atoms with Gasteiger partial charge in [-0.15, -0.1) is 23.8 Å². The molecule has 2 aliphatic rings. The standard InChI is InChI=1S/C25H25N2O2S.Pt/c1-25(2)13-11-19-21(12-14-25)30-24(26-19)17-6-3-7-18(15-17)29-22-10-9-16-5-4-8-20(28)23(16)27-22;/h3-10,19,21,28H,11-14H2,1-2H3;/q-1;/t19-,21+;/m0./s1. The molecule has 2 aromatic carbocycles. The molecule has 1 aromatic heterocycles. The van der Waals surface area contributed by atoms with E-state index in [1.165, 1.54) is 19.3 Å². The van der Waals surface area contributed by atoms with E-state index in [0.717, 1.165) is 22.4 Å². The smallest absolute Gasteiger partial charge is 0.217 e. The number of para-hydroxylation sites is 1. The van der Waals surface area contributed by atoms with E-state index in [0.29, 0.717) is 33.9 Å². The van der Waals surface area contributed by atoms with E-state index in [9.17, 15) is 5.11 Å². The number of hydrogen-bond acceptors (Lipinski definition) is 5. The van der Waals surface area contributed by atoms with E-state index in [1.807, 2.05) is 48.2 Å². The number of fused-ring (bicyclic) bond motifs is 2. The zero-order valence-corrected chi connectivity index (χ0v) is 20.7. The molecule has 2 heterocycles. The first-order chi connectivity index (χ1) is 14.5. The van der Waals surface area contributed by atoms with Crippen LogP contribution in [0, 0.1) is 11.5 Å². The van der Waals surface area contributed by atoms with Gasteiger partial charge in [-0.3, -0.25) is 0 Å². The summed E-state index contributed by atoms with van der Waals surface area (Å²) in [6, 6.07) is 18.7. The van der Waals surface area contributed by atoms with Crippen molar-refractivity contribution in [2.75, 3.05) is 0 Å². The monoisotopic (exact) mass is 612 g/mol. The zero-order chi connectivity index (χ0) is 20.7. The van der Waals surface area contributed by atoms with E-state index >= 15 is 0 Å². The molecule has 1 aliphatic heterocycles. The van der Waals surface area contributed by atoms with Crippen molar-refractivity contribution in [2.45, 2.75) is 50.8 Å². The summed E-state index contributed by atoms with van der Waals surface area (Å²) in [5.41, 5.74) is 1.94. The number of benzene rings is 2. The summed E-state index contributed by atoms with van der Waals surface area (Å²) in [4.78, 5) is 9.50. The third kappa shape index (κ3) is 4.83. The van der Waals surface area contributed by atoms with Crippen LogP contribution in [0.2, 0.25) is 0 Å². The van der Waals surface area contributed by atoms with E-state index in [4.69, 9.17) is 9.73 Å². The van der Waals surface area contributed by atoms with Crippen molar-refractivity contribution in [2.24, 2.45) is 10.4 Å². The maximum Gasteiger partial charge on any atom is 0.217 e. The molecule has 3 aromatic rings. The molecular formula is C25H25N2O2PtS-. The molecule has 5 rings (SSSR count). The Morgan fingerprint density at radius 1 is 1.06 bits per heavy atom. The van der Waals surface area contributed by atoms with Crippen LogP contribution in [0.15, 0.2) is 53.5 Å². The van der Waals surface area contributed by atoms with Crippen LogP contribution in [-0.4, -0.2) is 26.4 Å². The van der Waals surface area contributed by atoms with Gasteiger partial charge in [0.15, 0.2) is 0 Å². The molecule has 4 nitrogen and oxygen atoms in total. The number of thioether (sulfide) groups is 1. The molecule has 0 spiro atoms. The Bertz CT molecular complexity index is 1130. The van der Waals surface area contributed by atoms with Gasteiger partial charge in [-0.05, 0) is 43.2 Å². The predicted octanol–water partition coefficient (Wildman–Crippen LogP) is 6.36. The van der Waals surface area contributed by atoms with Crippen LogP contribution in [0.1, 0.15) is 45.1 Å². The number of aromatic nitrogens is 1. The summed E-state index contributed by atoms with van der Waals surface area (Å²) < 4.78 is 5.97. The normalized spacial score (nSPS) is 22.2. The first-order valence-corrected chi connectivity index (χ1v) is 11.4. The third-order valence-electron chi connectivity index (χ3n) is 6.08. The minimum absolute atomic E-state index is 0. The minimum Gasteiger partial charge on any atom is -0.506 e. The molecule has 1 saturated carbocycles. The fourth-order valence-corrected chi connectivity index (χ4v) is 5.55. The average Bonchev–Trinajstić information content (AvgIpc) is 3.09. The second-order valence-corrected chi connectivity index (χ2v) is 10.2. The number of aliphatic imine (C=N–C) groups is 1. The van der Waals surface area contributed by atoms with Gasteiger partial charge in [0.1, 0.15) is 11.3 Å². The number of ether oxygens (including phenoxy) is 1. The van der Waals surface area contributed by atoms with Gasteiger partial charge in [-0.2, -0.15) is 11.8 Å². The molecule has 0 unspecified atom stereocenters. The van der Waals surface area contributed by atoms with Crippen LogP contribution in [0.5, 0.6) is 17.4 Å².